The summed E-state index contributed by atoms with van der Waals surface area (Å²) in [5.74, 6) is -1.93. The maximum atomic E-state index is 12.9. The van der Waals surface area contributed by atoms with E-state index in [1.165, 1.54) is 6.92 Å². The van der Waals surface area contributed by atoms with Crippen molar-refractivity contribution in [2.45, 2.75) is 51.2 Å². The summed E-state index contributed by atoms with van der Waals surface area (Å²) in [5.41, 5.74) is -0.384. The largest absolute Gasteiger partial charge is 0.451 e. The van der Waals surface area contributed by atoms with Gasteiger partial charge >= 0.3 is 12.0 Å². The van der Waals surface area contributed by atoms with E-state index in [9.17, 15) is 19.2 Å². The lowest BCUT2D eigenvalue weighted by Crippen LogP contribution is -2.54. The second-order valence-electron chi connectivity index (χ2n) is 7.72. The number of amides is 4. The normalized spacial score (nSPS) is 24.2. The van der Waals surface area contributed by atoms with Crippen LogP contribution in [0.15, 0.2) is 24.3 Å². The molecule has 2 aliphatic rings. The van der Waals surface area contributed by atoms with Crippen molar-refractivity contribution in [3.63, 3.8) is 0 Å². The van der Waals surface area contributed by atoms with Gasteiger partial charge in [-0.25, -0.2) is 4.79 Å². The van der Waals surface area contributed by atoms with Crippen LogP contribution in [0.4, 0.5) is 10.5 Å². The SMILES string of the molecule is C[C@H](OC(=O)CN1C(=O)N[C@]2(CCCC[C@@H]2C)C1=O)C(=O)Nc1ccccc1C#N. The first-order valence-corrected chi connectivity index (χ1v) is 9.92. The predicted octanol–water partition coefficient (Wildman–Crippen LogP) is 1.93. The van der Waals surface area contributed by atoms with E-state index in [1.54, 1.807) is 24.3 Å². The molecule has 3 atom stereocenters. The number of hydrogen-bond donors (Lipinski definition) is 2. The van der Waals surface area contributed by atoms with Gasteiger partial charge in [-0.3, -0.25) is 19.3 Å². The Morgan fingerprint density at radius 1 is 1.37 bits per heavy atom. The zero-order valence-corrected chi connectivity index (χ0v) is 16.9. The highest BCUT2D eigenvalue weighted by Gasteiger charge is 2.55. The fourth-order valence-corrected chi connectivity index (χ4v) is 3.98. The number of nitrogens with zero attached hydrogens (tertiary/aromatic N) is 2. The number of imide groups is 1. The number of urea groups is 1. The van der Waals surface area contributed by atoms with Crippen molar-refractivity contribution in [2.24, 2.45) is 5.92 Å². The molecule has 0 bridgehead atoms. The highest BCUT2D eigenvalue weighted by molar-refractivity contribution is 6.09. The molecule has 30 heavy (non-hydrogen) atoms. The lowest BCUT2D eigenvalue weighted by molar-refractivity contribution is -0.155. The molecule has 1 aliphatic carbocycles. The van der Waals surface area contributed by atoms with Crippen molar-refractivity contribution < 1.29 is 23.9 Å². The van der Waals surface area contributed by atoms with E-state index >= 15 is 0 Å². The number of hydrogen-bond acceptors (Lipinski definition) is 6. The molecule has 2 fully saturated rings. The quantitative estimate of drug-likeness (QED) is 0.562. The standard InChI is InChI=1S/C21H24N4O5/c1-13-7-5-6-10-21(13)19(28)25(20(29)24-21)12-17(26)30-14(2)18(27)23-16-9-4-3-8-15(16)11-22/h3-4,8-9,13-14H,5-7,10,12H2,1-2H3,(H,23,27)(H,24,29)/t13-,14-,21-/m0/s1. The molecule has 0 aromatic heterocycles. The molecule has 0 unspecified atom stereocenters. The van der Waals surface area contributed by atoms with Gasteiger partial charge in [0.15, 0.2) is 6.10 Å². The van der Waals surface area contributed by atoms with Crippen molar-refractivity contribution in [1.82, 2.24) is 10.2 Å². The van der Waals surface area contributed by atoms with Crippen molar-refractivity contribution in [3.05, 3.63) is 29.8 Å². The summed E-state index contributed by atoms with van der Waals surface area (Å²) >= 11 is 0. The van der Waals surface area contributed by atoms with Gasteiger partial charge in [0.05, 0.1) is 11.3 Å². The lowest BCUT2D eigenvalue weighted by atomic mass is 9.73. The Morgan fingerprint density at radius 3 is 2.80 bits per heavy atom. The van der Waals surface area contributed by atoms with Gasteiger partial charge in [0.2, 0.25) is 0 Å². The van der Waals surface area contributed by atoms with Crippen molar-refractivity contribution >= 4 is 29.5 Å². The molecule has 1 saturated heterocycles. The van der Waals surface area contributed by atoms with Crippen LogP contribution in [0, 0.1) is 17.2 Å². The lowest BCUT2D eigenvalue weighted by Gasteiger charge is -2.36. The number of esters is 1. The van der Waals surface area contributed by atoms with Crippen LogP contribution >= 0.6 is 0 Å². The number of carbonyl (C=O) groups excluding carboxylic acids is 4. The number of ether oxygens (including phenoxy) is 1. The maximum absolute atomic E-state index is 12.9. The second kappa shape index (κ2) is 8.53. The summed E-state index contributed by atoms with van der Waals surface area (Å²) in [6.45, 7) is 2.73. The predicted molar refractivity (Wildman–Crippen MR) is 106 cm³/mol. The zero-order valence-electron chi connectivity index (χ0n) is 16.9. The second-order valence-corrected chi connectivity index (χ2v) is 7.72. The van der Waals surface area contributed by atoms with E-state index in [4.69, 9.17) is 10.00 Å². The molecule has 2 N–H and O–H groups in total. The first-order valence-electron chi connectivity index (χ1n) is 9.92. The first-order chi connectivity index (χ1) is 14.3. The molecule has 9 nitrogen and oxygen atoms in total. The summed E-state index contributed by atoms with van der Waals surface area (Å²) in [4.78, 5) is 50.7. The van der Waals surface area contributed by atoms with Gasteiger partial charge in [0.1, 0.15) is 18.2 Å². The Hall–Kier alpha value is -3.41. The van der Waals surface area contributed by atoms with Crippen LogP contribution < -0.4 is 10.6 Å². The van der Waals surface area contributed by atoms with Crippen LogP contribution in [-0.2, 0) is 19.1 Å². The number of anilines is 1. The molecule has 1 aromatic carbocycles. The average molecular weight is 412 g/mol. The van der Waals surface area contributed by atoms with E-state index in [-0.39, 0.29) is 11.5 Å². The highest BCUT2D eigenvalue weighted by Crippen LogP contribution is 2.38. The van der Waals surface area contributed by atoms with Crippen LogP contribution in [0.1, 0.15) is 45.1 Å². The van der Waals surface area contributed by atoms with Gasteiger partial charge in [0.25, 0.3) is 11.8 Å². The molecule has 1 heterocycles. The summed E-state index contributed by atoms with van der Waals surface area (Å²) < 4.78 is 5.11. The number of rotatable bonds is 5. The smallest absolute Gasteiger partial charge is 0.327 e. The number of nitrogens with one attached hydrogen (secondary N) is 2. The molecule has 1 saturated carbocycles. The maximum Gasteiger partial charge on any atom is 0.327 e. The number of benzene rings is 1. The van der Waals surface area contributed by atoms with Gasteiger partial charge in [0, 0.05) is 0 Å². The Morgan fingerprint density at radius 2 is 2.10 bits per heavy atom. The summed E-state index contributed by atoms with van der Waals surface area (Å²) in [7, 11) is 0. The molecule has 0 radical (unpaired) electrons. The molecule has 4 amide bonds. The van der Waals surface area contributed by atoms with Crippen molar-refractivity contribution in [3.8, 4) is 6.07 Å². The molecular weight excluding hydrogens is 388 g/mol. The number of carbonyl (C=O) groups is 4. The van der Waals surface area contributed by atoms with Gasteiger partial charge < -0.3 is 15.4 Å². The van der Waals surface area contributed by atoms with Gasteiger partial charge in [-0.2, -0.15) is 5.26 Å². The molecule has 158 valence electrons. The fraction of sp³-hybridized carbons (Fsp3) is 0.476. The molecule has 1 aliphatic heterocycles. The third-order valence-electron chi connectivity index (χ3n) is 5.77. The van der Waals surface area contributed by atoms with Crippen LogP contribution in [-0.4, -0.2) is 46.9 Å². The van der Waals surface area contributed by atoms with Crippen LogP contribution in [0.25, 0.3) is 0 Å². The topological polar surface area (TPSA) is 129 Å². The molecule has 1 aromatic rings. The van der Waals surface area contributed by atoms with E-state index in [0.717, 1.165) is 24.2 Å². The van der Waals surface area contributed by atoms with Crippen LogP contribution in [0.2, 0.25) is 0 Å². The zero-order chi connectivity index (χ0) is 21.9. The fourth-order valence-electron chi connectivity index (χ4n) is 3.98. The van der Waals surface area contributed by atoms with Gasteiger partial charge in [-0.1, -0.05) is 31.9 Å². The first kappa shape index (κ1) is 21.3. The minimum absolute atomic E-state index is 0.0198. The molecule has 9 heteroatoms. The van der Waals surface area contributed by atoms with E-state index in [0.29, 0.717) is 12.1 Å². The van der Waals surface area contributed by atoms with Crippen LogP contribution in [0.3, 0.4) is 0 Å². The molecule has 3 rings (SSSR count). The van der Waals surface area contributed by atoms with E-state index < -0.39 is 42.0 Å². The highest BCUT2D eigenvalue weighted by atomic mass is 16.5. The Balaban J connectivity index is 1.60. The Labute approximate surface area is 174 Å². The monoisotopic (exact) mass is 412 g/mol. The average Bonchev–Trinajstić information content (AvgIpc) is 2.95. The Bertz CT molecular complexity index is 924. The Kier molecular flexibility index (Phi) is 6.06. The van der Waals surface area contributed by atoms with E-state index in [2.05, 4.69) is 10.6 Å². The van der Waals surface area contributed by atoms with Crippen molar-refractivity contribution in [2.75, 3.05) is 11.9 Å². The number of nitriles is 1. The number of para-hydroxylation sites is 1. The van der Waals surface area contributed by atoms with Gasteiger partial charge in [-0.15, -0.1) is 0 Å². The van der Waals surface area contributed by atoms with Crippen LogP contribution in [0.5, 0.6) is 0 Å². The van der Waals surface area contributed by atoms with E-state index in [1.807, 2.05) is 13.0 Å². The minimum Gasteiger partial charge on any atom is -0.451 e. The third kappa shape index (κ3) is 3.99. The summed E-state index contributed by atoms with van der Waals surface area (Å²) in [5, 5.41) is 14.4. The summed E-state index contributed by atoms with van der Waals surface area (Å²) in [6.07, 6.45) is 2.02. The molecular formula is C21H24N4O5. The third-order valence-corrected chi connectivity index (χ3v) is 5.77. The summed E-state index contributed by atoms with van der Waals surface area (Å²) in [6, 6.07) is 7.77. The minimum atomic E-state index is -1.17. The van der Waals surface area contributed by atoms with Gasteiger partial charge in [-0.05, 0) is 37.8 Å². The van der Waals surface area contributed by atoms with Crippen molar-refractivity contribution in [1.29, 1.82) is 5.26 Å². The molecule has 1 spiro atoms.